The van der Waals surface area contributed by atoms with Crippen LogP contribution in [0.2, 0.25) is 0 Å². The molecular formula is C31H35N9O2. The molecule has 1 fully saturated rings. The number of allylic oxidation sites excluding steroid dienone is 1. The first kappa shape index (κ1) is 27.7. The number of hydrogen-bond acceptors (Lipinski definition) is 9. The summed E-state index contributed by atoms with van der Waals surface area (Å²) in [7, 11) is 3.75. The van der Waals surface area contributed by atoms with E-state index in [1.165, 1.54) is 0 Å². The highest BCUT2D eigenvalue weighted by Gasteiger charge is 2.30. The van der Waals surface area contributed by atoms with Gasteiger partial charge in [0.2, 0.25) is 11.9 Å². The molecule has 0 bridgehead atoms. The number of rotatable bonds is 9. The van der Waals surface area contributed by atoms with Gasteiger partial charge in [0, 0.05) is 63.1 Å². The van der Waals surface area contributed by atoms with E-state index in [-0.39, 0.29) is 11.9 Å². The number of fused-ring (bicyclic) bond motifs is 1. The molecule has 1 amide bonds. The molecule has 6 rings (SSSR count). The number of aryl methyl sites for hydroxylation is 1. The van der Waals surface area contributed by atoms with Crippen molar-refractivity contribution in [3.63, 3.8) is 0 Å². The normalized spacial score (nSPS) is 16.1. The van der Waals surface area contributed by atoms with Gasteiger partial charge in [-0.15, -0.1) is 0 Å². The molecule has 0 radical (unpaired) electrons. The zero-order valence-electron chi connectivity index (χ0n) is 24.1. The molecule has 216 valence electrons. The molecule has 4 aromatic rings. The molecular weight excluding hydrogens is 530 g/mol. The molecule has 2 aliphatic rings. The Balaban J connectivity index is 1.19. The first-order chi connectivity index (χ1) is 20.5. The van der Waals surface area contributed by atoms with E-state index in [9.17, 15) is 4.79 Å². The first-order valence-corrected chi connectivity index (χ1v) is 14.1. The van der Waals surface area contributed by atoms with E-state index in [1.54, 1.807) is 25.8 Å². The number of aromatic nitrogens is 5. The lowest BCUT2D eigenvalue weighted by molar-refractivity contribution is -0.124. The second-order valence-electron chi connectivity index (χ2n) is 10.7. The molecule has 1 aromatic carbocycles. The van der Waals surface area contributed by atoms with Gasteiger partial charge in [0.25, 0.3) is 0 Å². The smallest absolute Gasteiger partial charge is 0.244 e. The molecule has 2 N–H and O–H groups in total. The third-order valence-corrected chi connectivity index (χ3v) is 7.84. The highest BCUT2D eigenvalue weighted by molar-refractivity contribution is 5.97. The Morgan fingerprint density at radius 2 is 1.95 bits per heavy atom. The largest absolute Gasteiger partial charge is 0.383 e. The molecule has 11 heteroatoms. The number of benzene rings is 1. The molecule has 11 nitrogen and oxygen atoms in total. The maximum Gasteiger partial charge on any atom is 0.244 e. The van der Waals surface area contributed by atoms with Crippen molar-refractivity contribution < 1.29 is 9.53 Å². The summed E-state index contributed by atoms with van der Waals surface area (Å²) in [6.45, 7) is 5.91. The summed E-state index contributed by atoms with van der Waals surface area (Å²) in [5.41, 5.74) is 6.62. The lowest BCUT2D eigenvalue weighted by Crippen LogP contribution is -2.54. The van der Waals surface area contributed by atoms with Crippen LogP contribution in [-0.4, -0.2) is 93.2 Å². The monoisotopic (exact) mass is 565 g/mol. The van der Waals surface area contributed by atoms with Gasteiger partial charge in [0.15, 0.2) is 0 Å². The molecule has 1 saturated heterocycles. The molecule has 1 aliphatic heterocycles. The maximum atomic E-state index is 13.5. The number of likely N-dealkylation sites (N-methyl/N-ethyl adjacent to an activating group) is 1. The summed E-state index contributed by atoms with van der Waals surface area (Å²) in [6, 6.07) is 9.55. The SMILES string of the molecule is COC[C@H](C(=O)Nc1cccc2c1CC=C2c1nc(Nc2ccc(-n3ccnc3)nc2)ncc1C)N1CCN(C)CC1. The van der Waals surface area contributed by atoms with E-state index in [1.807, 2.05) is 48.1 Å². The fourth-order valence-corrected chi connectivity index (χ4v) is 5.48. The lowest BCUT2D eigenvalue weighted by atomic mass is 9.99. The minimum atomic E-state index is -0.338. The van der Waals surface area contributed by atoms with Crippen LogP contribution >= 0.6 is 0 Å². The number of pyridine rings is 1. The second kappa shape index (κ2) is 12.2. The Hall–Kier alpha value is -4.45. The summed E-state index contributed by atoms with van der Waals surface area (Å²) in [5, 5.41) is 6.49. The third kappa shape index (κ3) is 5.80. The Kier molecular flexibility index (Phi) is 8.04. The molecule has 0 spiro atoms. The summed E-state index contributed by atoms with van der Waals surface area (Å²) >= 11 is 0. The predicted octanol–water partition coefficient (Wildman–Crippen LogP) is 3.30. The number of methoxy groups -OCH3 is 1. The number of hydrogen-bond donors (Lipinski definition) is 2. The number of nitrogens with zero attached hydrogens (tertiary/aromatic N) is 7. The number of ether oxygens (including phenoxy) is 1. The van der Waals surface area contributed by atoms with Gasteiger partial charge in [-0.05, 0) is 55.3 Å². The highest BCUT2D eigenvalue weighted by atomic mass is 16.5. The number of carbonyl (C=O) groups excluding carboxylic acids is 1. The van der Waals surface area contributed by atoms with Crippen molar-refractivity contribution in [1.82, 2.24) is 34.3 Å². The topological polar surface area (TPSA) is 113 Å². The van der Waals surface area contributed by atoms with Crippen molar-refractivity contribution in [2.45, 2.75) is 19.4 Å². The summed E-state index contributed by atoms with van der Waals surface area (Å²) < 4.78 is 7.29. The molecule has 1 aliphatic carbocycles. The number of piperazine rings is 1. The molecule has 42 heavy (non-hydrogen) atoms. The summed E-state index contributed by atoms with van der Waals surface area (Å²) in [4.78, 5) is 35.9. The average molecular weight is 566 g/mol. The molecule has 0 unspecified atom stereocenters. The van der Waals surface area contributed by atoms with Crippen LogP contribution in [0.4, 0.5) is 17.3 Å². The number of carbonyl (C=O) groups is 1. The van der Waals surface area contributed by atoms with E-state index in [0.29, 0.717) is 19.0 Å². The Morgan fingerprint density at radius 1 is 1.10 bits per heavy atom. The highest BCUT2D eigenvalue weighted by Crippen LogP contribution is 2.37. The van der Waals surface area contributed by atoms with Gasteiger partial charge in [0.1, 0.15) is 18.2 Å². The van der Waals surface area contributed by atoms with Crippen molar-refractivity contribution >= 4 is 28.8 Å². The number of nitrogens with one attached hydrogen (secondary N) is 2. The molecule has 1 atom stereocenters. The standard InChI is InChI=1S/C31H35N9O2/c1-21-17-34-31(35-22-7-10-28(33-18-22)40-12-11-32-20-40)37-29(21)25-9-8-24-23(25)5-4-6-26(24)36-30(41)27(19-42-3)39-15-13-38(2)14-16-39/h4-7,9-12,17-18,20,27H,8,13-16,19H2,1-3H3,(H,36,41)(H,34,35,37)/t27-/m1/s1. The average Bonchev–Trinajstić information content (AvgIpc) is 3.69. The van der Waals surface area contributed by atoms with Crippen LogP contribution in [0.3, 0.4) is 0 Å². The maximum absolute atomic E-state index is 13.5. The fraction of sp³-hybridized carbons (Fsp3) is 0.323. The zero-order chi connectivity index (χ0) is 29.1. The van der Waals surface area contributed by atoms with Crippen molar-refractivity contribution in [3.8, 4) is 5.82 Å². The first-order valence-electron chi connectivity index (χ1n) is 14.1. The van der Waals surface area contributed by atoms with Gasteiger partial charge in [0.05, 0.1) is 24.2 Å². The van der Waals surface area contributed by atoms with Crippen LogP contribution in [0.25, 0.3) is 11.4 Å². The minimum absolute atomic E-state index is 0.0411. The second-order valence-corrected chi connectivity index (χ2v) is 10.7. The van der Waals surface area contributed by atoms with Gasteiger partial charge >= 0.3 is 0 Å². The number of imidazole rings is 1. The van der Waals surface area contributed by atoms with Crippen LogP contribution < -0.4 is 10.6 Å². The molecule has 0 saturated carbocycles. The molecule has 4 heterocycles. The Labute approximate surface area is 245 Å². The molecule has 3 aromatic heterocycles. The van der Waals surface area contributed by atoms with E-state index in [2.05, 4.69) is 54.6 Å². The van der Waals surface area contributed by atoms with E-state index in [4.69, 9.17) is 9.72 Å². The van der Waals surface area contributed by atoms with Crippen molar-refractivity contribution in [1.29, 1.82) is 0 Å². The van der Waals surface area contributed by atoms with Gasteiger partial charge < -0.3 is 20.3 Å². The van der Waals surface area contributed by atoms with Crippen LogP contribution in [0, 0.1) is 6.92 Å². The van der Waals surface area contributed by atoms with E-state index in [0.717, 1.165) is 71.3 Å². The quantitative estimate of drug-likeness (QED) is 0.316. The van der Waals surface area contributed by atoms with E-state index < -0.39 is 0 Å². The van der Waals surface area contributed by atoms with Crippen molar-refractivity contribution in [2.24, 2.45) is 0 Å². The Bertz CT molecular complexity index is 1580. The van der Waals surface area contributed by atoms with Crippen LogP contribution in [-0.2, 0) is 16.0 Å². The summed E-state index contributed by atoms with van der Waals surface area (Å²) in [5.74, 6) is 1.22. The summed E-state index contributed by atoms with van der Waals surface area (Å²) in [6.07, 6.45) is 11.7. The Morgan fingerprint density at radius 3 is 2.69 bits per heavy atom. The van der Waals surface area contributed by atoms with E-state index >= 15 is 0 Å². The van der Waals surface area contributed by atoms with Gasteiger partial charge in [-0.25, -0.2) is 19.9 Å². The fourth-order valence-electron chi connectivity index (χ4n) is 5.48. The number of anilines is 3. The zero-order valence-corrected chi connectivity index (χ0v) is 24.1. The van der Waals surface area contributed by atoms with Crippen molar-refractivity contribution in [2.75, 3.05) is 57.6 Å². The number of amides is 1. The van der Waals surface area contributed by atoms with Gasteiger partial charge in [-0.3, -0.25) is 14.3 Å². The van der Waals surface area contributed by atoms with Crippen molar-refractivity contribution in [3.05, 3.63) is 89.9 Å². The van der Waals surface area contributed by atoms with Gasteiger partial charge in [-0.2, -0.15) is 0 Å². The minimum Gasteiger partial charge on any atom is -0.383 e. The third-order valence-electron chi connectivity index (χ3n) is 7.84. The predicted molar refractivity (Wildman–Crippen MR) is 162 cm³/mol. The van der Waals surface area contributed by atoms with Crippen LogP contribution in [0.5, 0.6) is 0 Å². The van der Waals surface area contributed by atoms with Crippen LogP contribution in [0.15, 0.2) is 67.5 Å². The van der Waals surface area contributed by atoms with Gasteiger partial charge in [-0.1, -0.05) is 18.2 Å². The lowest BCUT2D eigenvalue weighted by Gasteiger charge is -2.36. The van der Waals surface area contributed by atoms with Crippen LogP contribution in [0.1, 0.15) is 22.4 Å².